The lowest BCUT2D eigenvalue weighted by Gasteiger charge is -2.45. The Bertz CT molecular complexity index is 699. The van der Waals surface area contributed by atoms with Crippen LogP contribution in [-0.2, 0) is 15.0 Å². The molecule has 0 unspecified atom stereocenters. The van der Waals surface area contributed by atoms with E-state index in [2.05, 4.69) is 63.3 Å². The summed E-state index contributed by atoms with van der Waals surface area (Å²) in [6.07, 6.45) is 8.87. The van der Waals surface area contributed by atoms with Crippen molar-refractivity contribution in [2.75, 3.05) is 0 Å². The fourth-order valence-corrected chi connectivity index (χ4v) is 5.01. The highest BCUT2D eigenvalue weighted by molar-refractivity contribution is 5.67. The van der Waals surface area contributed by atoms with Crippen molar-refractivity contribution in [1.82, 2.24) is 5.06 Å². The van der Waals surface area contributed by atoms with Crippen LogP contribution >= 0.6 is 0 Å². The maximum absolute atomic E-state index is 12.9. The Kier molecular flexibility index (Phi) is 5.02. The molecule has 0 aromatic heterocycles. The molecule has 1 aromatic rings. The van der Waals surface area contributed by atoms with Crippen LogP contribution in [-0.4, -0.2) is 29.4 Å². The van der Waals surface area contributed by atoms with Crippen LogP contribution < -0.4 is 0 Å². The highest BCUT2D eigenvalue weighted by Crippen LogP contribution is 2.44. The molecule has 0 radical (unpaired) electrons. The molecule has 1 amide bonds. The molecule has 2 heterocycles. The topological polar surface area (TPSA) is 38.8 Å². The second-order valence-electron chi connectivity index (χ2n) is 9.03. The van der Waals surface area contributed by atoms with Crippen molar-refractivity contribution in [2.24, 2.45) is 11.8 Å². The number of hydrogen-bond donors (Lipinski definition) is 0. The van der Waals surface area contributed by atoms with Crippen molar-refractivity contribution in [3.05, 3.63) is 48.0 Å². The molecule has 2 bridgehead atoms. The Labute approximate surface area is 162 Å². The lowest BCUT2D eigenvalue weighted by molar-refractivity contribution is -0.214. The highest BCUT2D eigenvalue weighted by Gasteiger charge is 2.44. The molecule has 146 valence electrons. The van der Waals surface area contributed by atoms with Gasteiger partial charge in [0.1, 0.15) is 12.2 Å². The van der Waals surface area contributed by atoms with Crippen molar-refractivity contribution in [1.29, 1.82) is 0 Å². The average molecular weight is 370 g/mol. The molecule has 27 heavy (non-hydrogen) atoms. The van der Waals surface area contributed by atoms with E-state index in [1.165, 1.54) is 17.0 Å². The van der Waals surface area contributed by atoms with E-state index in [9.17, 15) is 4.79 Å². The highest BCUT2D eigenvalue weighted by atomic mass is 16.7. The van der Waals surface area contributed by atoms with Gasteiger partial charge in [-0.05, 0) is 42.6 Å². The van der Waals surface area contributed by atoms with E-state index in [-0.39, 0.29) is 29.8 Å². The van der Waals surface area contributed by atoms with Gasteiger partial charge in [0.15, 0.2) is 0 Å². The first-order chi connectivity index (χ1) is 12.9. The number of hydroxylamine groups is 2. The van der Waals surface area contributed by atoms with Gasteiger partial charge in [0, 0.05) is 5.92 Å². The van der Waals surface area contributed by atoms with E-state index < -0.39 is 0 Å². The molecule has 4 heteroatoms. The van der Waals surface area contributed by atoms with Crippen molar-refractivity contribution >= 4 is 6.09 Å². The molecule has 0 spiro atoms. The first-order valence-corrected chi connectivity index (χ1v) is 10.4. The normalized spacial score (nSPS) is 33.1. The smallest absolute Gasteiger partial charge is 0.434 e. The lowest BCUT2D eigenvalue weighted by Crippen LogP contribution is -2.51. The first-order valence-electron chi connectivity index (χ1n) is 10.4. The molecule has 0 N–H and O–H groups in total. The summed E-state index contributed by atoms with van der Waals surface area (Å²) >= 11 is 0. The zero-order valence-corrected chi connectivity index (χ0v) is 16.6. The van der Waals surface area contributed by atoms with E-state index in [4.69, 9.17) is 9.57 Å². The van der Waals surface area contributed by atoms with Crippen molar-refractivity contribution in [3.63, 3.8) is 0 Å². The second kappa shape index (κ2) is 7.31. The van der Waals surface area contributed by atoms with Gasteiger partial charge in [-0.2, -0.15) is 5.06 Å². The quantitative estimate of drug-likeness (QED) is 0.684. The van der Waals surface area contributed by atoms with Gasteiger partial charge in [-0.15, -0.1) is 0 Å². The molecule has 5 atom stereocenters. The van der Waals surface area contributed by atoms with Crippen LogP contribution in [0.2, 0.25) is 0 Å². The largest absolute Gasteiger partial charge is 0.444 e. The van der Waals surface area contributed by atoms with Crippen molar-refractivity contribution in [2.45, 2.75) is 76.5 Å². The van der Waals surface area contributed by atoms with Gasteiger partial charge >= 0.3 is 6.09 Å². The van der Waals surface area contributed by atoms with Crippen LogP contribution in [0.4, 0.5) is 4.79 Å². The number of carbonyl (C=O) groups is 1. The number of amides is 1. The summed E-state index contributed by atoms with van der Waals surface area (Å²) in [7, 11) is 0. The van der Waals surface area contributed by atoms with Crippen LogP contribution in [0.1, 0.15) is 58.4 Å². The van der Waals surface area contributed by atoms with Gasteiger partial charge in [0.25, 0.3) is 0 Å². The molecule has 1 aromatic carbocycles. The second-order valence-corrected chi connectivity index (χ2v) is 9.03. The van der Waals surface area contributed by atoms with Crippen molar-refractivity contribution in [3.8, 4) is 0 Å². The van der Waals surface area contributed by atoms with Crippen LogP contribution in [0, 0.1) is 11.8 Å². The molecule has 2 aliphatic carbocycles. The minimum atomic E-state index is -0.318. The molecule has 1 saturated heterocycles. The third-order valence-corrected chi connectivity index (χ3v) is 6.78. The van der Waals surface area contributed by atoms with Crippen molar-refractivity contribution < 1.29 is 14.4 Å². The molecular formula is C23H31NO3. The van der Waals surface area contributed by atoms with Crippen LogP contribution in [0.25, 0.3) is 0 Å². The maximum atomic E-state index is 12.9. The number of fused-ring (bicyclic) bond motifs is 2. The minimum Gasteiger partial charge on any atom is -0.444 e. The fraction of sp³-hybridized carbons (Fsp3) is 0.609. The number of carbonyl (C=O) groups excluding carboxylic acids is 1. The van der Waals surface area contributed by atoms with E-state index in [0.717, 1.165) is 25.7 Å². The number of rotatable bonds is 3. The predicted octanol–water partition coefficient (Wildman–Crippen LogP) is 5.24. The molecule has 1 saturated carbocycles. The van der Waals surface area contributed by atoms with Crippen LogP contribution in [0.5, 0.6) is 0 Å². The summed E-state index contributed by atoms with van der Waals surface area (Å²) in [6, 6.07) is 10.6. The lowest BCUT2D eigenvalue weighted by atomic mass is 9.64. The molecule has 2 aliphatic heterocycles. The Hall–Kier alpha value is -1.81. The molecule has 4 aliphatic rings. The Morgan fingerprint density at radius 1 is 1.11 bits per heavy atom. The Balaban J connectivity index is 1.52. The third kappa shape index (κ3) is 3.64. The Morgan fingerprint density at radius 2 is 1.89 bits per heavy atom. The van der Waals surface area contributed by atoms with Gasteiger partial charge in [-0.1, -0.05) is 69.7 Å². The minimum absolute atomic E-state index is 0.0177. The van der Waals surface area contributed by atoms with E-state index in [1.807, 2.05) is 0 Å². The zero-order chi connectivity index (χ0) is 19.0. The monoisotopic (exact) mass is 369 g/mol. The molecule has 2 fully saturated rings. The van der Waals surface area contributed by atoms with Gasteiger partial charge < -0.3 is 4.74 Å². The van der Waals surface area contributed by atoms with E-state index >= 15 is 0 Å². The van der Waals surface area contributed by atoms with Crippen LogP contribution in [0.15, 0.2) is 42.5 Å². The van der Waals surface area contributed by atoms with Gasteiger partial charge in [-0.3, -0.25) is 4.84 Å². The average Bonchev–Trinajstić information content (AvgIpc) is 2.69. The summed E-state index contributed by atoms with van der Waals surface area (Å²) < 4.78 is 6.10. The number of nitrogens with zero attached hydrogens (tertiary/aromatic N) is 1. The van der Waals surface area contributed by atoms with Gasteiger partial charge in [0.2, 0.25) is 0 Å². The molecular weight excluding hydrogens is 338 g/mol. The SMILES string of the molecule is C[C@@H]1CC[C@@H](C(C)(C)c2ccccc2)[C@H](OC(=O)N2O[C@@H]3C=C[C@H]2CC3)C1. The standard InChI is InChI=1S/C23H31NO3/c1-16-9-14-20(23(2,3)17-7-5-4-6-8-17)21(15-16)26-22(25)24-18-10-12-19(27-24)13-11-18/h4-8,10,12,16,18-21H,9,11,13-15H2,1-3H3/t16-,18+,19-,20-,21-/m1/s1. The summed E-state index contributed by atoms with van der Waals surface area (Å²) in [5.74, 6) is 0.877. The molecule has 5 rings (SSSR count). The predicted molar refractivity (Wildman–Crippen MR) is 105 cm³/mol. The Morgan fingerprint density at radius 3 is 2.52 bits per heavy atom. The molecule has 4 nitrogen and oxygen atoms in total. The fourth-order valence-electron chi connectivity index (χ4n) is 5.01. The van der Waals surface area contributed by atoms with E-state index in [0.29, 0.717) is 11.8 Å². The summed E-state index contributed by atoms with van der Waals surface area (Å²) in [5, 5.41) is 1.47. The third-order valence-electron chi connectivity index (χ3n) is 6.78. The number of benzene rings is 1. The zero-order valence-electron chi connectivity index (χ0n) is 16.6. The van der Waals surface area contributed by atoms with Gasteiger partial charge in [0.05, 0.1) is 6.04 Å². The first kappa shape index (κ1) is 18.5. The van der Waals surface area contributed by atoms with Crippen LogP contribution in [0.3, 0.4) is 0 Å². The summed E-state index contributed by atoms with van der Waals surface area (Å²) in [4.78, 5) is 18.7. The summed E-state index contributed by atoms with van der Waals surface area (Å²) in [6.45, 7) is 6.83. The summed E-state index contributed by atoms with van der Waals surface area (Å²) in [5.41, 5.74) is 1.26. The maximum Gasteiger partial charge on any atom is 0.434 e. The number of ether oxygens (including phenoxy) is 1. The van der Waals surface area contributed by atoms with Gasteiger partial charge in [-0.25, -0.2) is 4.79 Å². The van der Waals surface area contributed by atoms with E-state index in [1.54, 1.807) is 0 Å². The number of hydrogen-bond acceptors (Lipinski definition) is 3.